The van der Waals surface area contributed by atoms with Gasteiger partial charge in [0.1, 0.15) is 0 Å². The number of para-hydroxylation sites is 1. The molecule has 4 fully saturated rings. The van der Waals surface area contributed by atoms with Crippen molar-refractivity contribution in [2.45, 2.75) is 49.2 Å². The summed E-state index contributed by atoms with van der Waals surface area (Å²) in [7, 11) is 0. The Labute approximate surface area is 185 Å². The fourth-order valence-electron chi connectivity index (χ4n) is 6.46. The van der Waals surface area contributed by atoms with E-state index in [4.69, 9.17) is 4.42 Å². The number of furan rings is 1. The predicted octanol–water partition coefficient (Wildman–Crippen LogP) is 4.70. The summed E-state index contributed by atoms with van der Waals surface area (Å²) in [5.41, 5.74) is 0.988. The zero-order chi connectivity index (χ0) is 20.8. The summed E-state index contributed by atoms with van der Waals surface area (Å²) < 4.78 is 7.53. The van der Waals surface area contributed by atoms with Crippen molar-refractivity contribution in [1.82, 2.24) is 20.1 Å². The molecule has 4 saturated carbocycles. The summed E-state index contributed by atoms with van der Waals surface area (Å²) in [6.07, 6.45) is 9.25. The van der Waals surface area contributed by atoms with E-state index in [9.17, 15) is 4.79 Å². The molecule has 0 saturated heterocycles. The Kier molecular flexibility index (Phi) is 4.67. The standard InChI is InChI=1S/C24H26N4O2S/c29-21(25-24-12-16-9-17(13-24)11-18(10-16)14-24)15-31-23-27-26-22(20-7-4-8-30-20)28(23)19-5-2-1-3-6-19/h1-8,16-18H,9-15H2,(H,25,29). The van der Waals surface area contributed by atoms with Gasteiger partial charge in [-0.15, -0.1) is 10.2 Å². The van der Waals surface area contributed by atoms with Crippen molar-refractivity contribution in [1.29, 1.82) is 0 Å². The third-order valence-electron chi connectivity index (χ3n) is 7.16. The molecule has 6 nitrogen and oxygen atoms in total. The van der Waals surface area contributed by atoms with Crippen LogP contribution in [-0.4, -0.2) is 32.0 Å². The SMILES string of the molecule is O=C(CSc1nnc(-c2ccco2)n1-c1ccccc1)NC12CC3CC(CC(C3)C1)C2. The maximum atomic E-state index is 13.0. The molecule has 4 aliphatic rings. The summed E-state index contributed by atoms with van der Waals surface area (Å²) in [4.78, 5) is 13.0. The lowest BCUT2D eigenvalue weighted by Crippen LogP contribution is -2.60. The van der Waals surface area contributed by atoms with Gasteiger partial charge >= 0.3 is 0 Å². The Morgan fingerprint density at radius 1 is 1.03 bits per heavy atom. The summed E-state index contributed by atoms with van der Waals surface area (Å²) in [6, 6.07) is 13.7. The first-order chi connectivity index (χ1) is 15.2. The van der Waals surface area contributed by atoms with Gasteiger partial charge in [-0.2, -0.15) is 0 Å². The molecule has 3 aromatic rings. The summed E-state index contributed by atoms with van der Waals surface area (Å²) >= 11 is 1.43. The van der Waals surface area contributed by atoms with Gasteiger partial charge in [0.05, 0.1) is 12.0 Å². The number of hydrogen-bond acceptors (Lipinski definition) is 5. The van der Waals surface area contributed by atoms with Crippen LogP contribution in [0.5, 0.6) is 0 Å². The van der Waals surface area contributed by atoms with Crippen LogP contribution in [0.3, 0.4) is 0 Å². The van der Waals surface area contributed by atoms with E-state index in [1.165, 1.54) is 50.3 Å². The number of amides is 1. The van der Waals surface area contributed by atoms with Crippen LogP contribution >= 0.6 is 11.8 Å². The maximum Gasteiger partial charge on any atom is 0.230 e. The van der Waals surface area contributed by atoms with E-state index in [0.717, 1.165) is 23.4 Å². The van der Waals surface area contributed by atoms with Crippen LogP contribution in [0.4, 0.5) is 0 Å². The first-order valence-corrected chi connectivity index (χ1v) is 12.1. The number of benzene rings is 1. The molecule has 7 heteroatoms. The van der Waals surface area contributed by atoms with E-state index in [2.05, 4.69) is 15.5 Å². The van der Waals surface area contributed by atoms with Crippen LogP contribution in [0, 0.1) is 17.8 Å². The van der Waals surface area contributed by atoms with Crippen molar-refractivity contribution < 1.29 is 9.21 Å². The number of nitrogens with one attached hydrogen (secondary N) is 1. The van der Waals surface area contributed by atoms with Gasteiger partial charge in [0.15, 0.2) is 10.9 Å². The predicted molar refractivity (Wildman–Crippen MR) is 119 cm³/mol. The molecule has 2 heterocycles. The molecule has 1 amide bonds. The molecule has 31 heavy (non-hydrogen) atoms. The Hall–Kier alpha value is -2.54. The highest BCUT2D eigenvalue weighted by Crippen LogP contribution is 2.55. The molecule has 0 radical (unpaired) electrons. The molecule has 160 valence electrons. The average molecular weight is 435 g/mol. The lowest BCUT2D eigenvalue weighted by molar-refractivity contribution is -0.124. The first-order valence-electron chi connectivity index (χ1n) is 11.2. The van der Waals surface area contributed by atoms with Gasteiger partial charge in [0.2, 0.25) is 11.7 Å². The van der Waals surface area contributed by atoms with Crippen molar-refractivity contribution in [3.63, 3.8) is 0 Å². The van der Waals surface area contributed by atoms with E-state index in [1.807, 2.05) is 47.0 Å². The van der Waals surface area contributed by atoms with Crippen molar-refractivity contribution in [2.75, 3.05) is 5.75 Å². The Balaban J connectivity index is 1.20. The topological polar surface area (TPSA) is 73.0 Å². The van der Waals surface area contributed by atoms with Crippen LogP contribution in [0.15, 0.2) is 58.3 Å². The normalized spacial score (nSPS) is 28.7. The van der Waals surface area contributed by atoms with Crippen LogP contribution in [0.1, 0.15) is 38.5 Å². The van der Waals surface area contributed by atoms with Gasteiger partial charge in [0, 0.05) is 11.2 Å². The third kappa shape index (κ3) is 3.59. The molecular weight excluding hydrogens is 408 g/mol. The highest BCUT2D eigenvalue weighted by atomic mass is 32.2. The molecule has 2 aromatic heterocycles. The molecule has 4 aliphatic carbocycles. The number of carbonyl (C=O) groups excluding carboxylic acids is 1. The summed E-state index contributed by atoms with van der Waals surface area (Å²) in [5, 5.41) is 12.9. The average Bonchev–Trinajstić information content (AvgIpc) is 3.41. The van der Waals surface area contributed by atoms with Crippen LogP contribution in [0.2, 0.25) is 0 Å². The molecule has 0 unspecified atom stereocenters. The van der Waals surface area contributed by atoms with Gasteiger partial charge in [-0.1, -0.05) is 30.0 Å². The minimum absolute atomic E-state index is 0.0405. The van der Waals surface area contributed by atoms with E-state index in [0.29, 0.717) is 22.5 Å². The van der Waals surface area contributed by atoms with E-state index < -0.39 is 0 Å². The van der Waals surface area contributed by atoms with Gasteiger partial charge < -0.3 is 9.73 Å². The number of rotatable bonds is 6. The first kappa shape index (κ1) is 19.2. The van der Waals surface area contributed by atoms with Gasteiger partial charge in [0.25, 0.3) is 0 Å². The molecule has 0 atom stereocenters. The van der Waals surface area contributed by atoms with Crippen LogP contribution in [-0.2, 0) is 4.79 Å². The van der Waals surface area contributed by atoms with Crippen LogP contribution < -0.4 is 5.32 Å². The molecule has 0 aliphatic heterocycles. The van der Waals surface area contributed by atoms with Crippen molar-refractivity contribution in [3.8, 4) is 17.3 Å². The van der Waals surface area contributed by atoms with Gasteiger partial charge in [-0.05, 0) is 80.5 Å². The largest absolute Gasteiger partial charge is 0.461 e. The maximum absolute atomic E-state index is 13.0. The fourth-order valence-corrected chi connectivity index (χ4v) is 7.22. The minimum atomic E-state index is 0.0405. The van der Waals surface area contributed by atoms with Gasteiger partial charge in [-0.3, -0.25) is 9.36 Å². The molecule has 0 spiro atoms. The quantitative estimate of drug-likeness (QED) is 0.569. The Bertz CT molecular complexity index is 1040. The lowest BCUT2D eigenvalue weighted by atomic mass is 9.53. The second-order valence-electron chi connectivity index (χ2n) is 9.49. The summed E-state index contributed by atoms with van der Waals surface area (Å²) in [5.74, 6) is 4.18. The van der Waals surface area contributed by atoms with E-state index in [1.54, 1.807) is 6.26 Å². The number of aromatic nitrogens is 3. The van der Waals surface area contributed by atoms with E-state index >= 15 is 0 Å². The number of thioether (sulfide) groups is 1. The molecule has 4 bridgehead atoms. The highest BCUT2D eigenvalue weighted by Gasteiger charge is 2.51. The van der Waals surface area contributed by atoms with Gasteiger partial charge in [-0.25, -0.2) is 0 Å². The van der Waals surface area contributed by atoms with Crippen molar-refractivity contribution >= 4 is 17.7 Å². The number of nitrogens with zero attached hydrogens (tertiary/aromatic N) is 3. The van der Waals surface area contributed by atoms with Crippen LogP contribution in [0.25, 0.3) is 17.3 Å². The molecule has 1 aromatic carbocycles. The second-order valence-corrected chi connectivity index (χ2v) is 10.4. The number of hydrogen-bond donors (Lipinski definition) is 1. The summed E-state index contributed by atoms with van der Waals surface area (Å²) in [6.45, 7) is 0. The smallest absolute Gasteiger partial charge is 0.230 e. The van der Waals surface area contributed by atoms with Crippen molar-refractivity contribution in [2.24, 2.45) is 17.8 Å². The monoisotopic (exact) mass is 434 g/mol. The zero-order valence-electron chi connectivity index (χ0n) is 17.4. The zero-order valence-corrected chi connectivity index (χ0v) is 18.2. The number of carbonyl (C=O) groups is 1. The third-order valence-corrected chi connectivity index (χ3v) is 8.09. The second kappa shape index (κ2) is 7.55. The van der Waals surface area contributed by atoms with Crippen molar-refractivity contribution in [3.05, 3.63) is 48.7 Å². The lowest BCUT2D eigenvalue weighted by Gasteiger charge is -2.56. The Morgan fingerprint density at radius 3 is 2.39 bits per heavy atom. The Morgan fingerprint density at radius 2 is 1.74 bits per heavy atom. The molecule has 7 rings (SSSR count). The molecule has 1 N–H and O–H groups in total. The van der Waals surface area contributed by atoms with E-state index in [-0.39, 0.29) is 11.4 Å². The molecular formula is C24H26N4O2S. The fraction of sp³-hybridized carbons (Fsp3) is 0.458. The highest BCUT2D eigenvalue weighted by molar-refractivity contribution is 7.99. The minimum Gasteiger partial charge on any atom is -0.461 e.